The van der Waals surface area contributed by atoms with Crippen LogP contribution in [0.1, 0.15) is 18.1 Å². The zero-order valence-electron chi connectivity index (χ0n) is 14.8. The van der Waals surface area contributed by atoms with Crippen LogP contribution in [0.2, 0.25) is 0 Å². The molecule has 4 nitrogen and oxygen atoms in total. The fraction of sp³-hybridized carbons (Fsp3) is 0.238. The quantitative estimate of drug-likeness (QED) is 0.683. The van der Waals surface area contributed by atoms with Crippen LogP contribution in [0.25, 0.3) is 5.57 Å². The number of carbonyl (C=O) groups is 2. The summed E-state index contributed by atoms with van der Waals surface area (Å²) in [5.41, 5.74) is 2.66. The molecule has 3 rings (SSSR count). The van der Waals surface area contributed by atoms with Crippen LogP contribution in [0, 0.1) is 11.8 Å². The van der Waals surface area contributed by atoms with Crippen molar-refractivity contribution in [3.8, 4) is 0 Å². The molecule has 3 unspecified atom stereocenters. The predicted molar refractivity (Wildman–Crippen MR) is 112 cm³/mol. The molecule has 1 heterocycles. The Morgan fingerprint density at radius 1 is 1.15 bits per heavy atom. The molecule has 0 saturated heterocycles. The lowest BCUT2D eigenvalue weighted by molar-refractivity contribution is -0.140. The van der Waals surface area contributed by atoms with Gasteiger partial charge >= 0.3 is 5.97 Å². The van der Waals surface area contributed by atoms with E-state index in [0.717, 1.165) is 21.2 Å². The highest BCUT2D eigenvalue weighted by Crippen LogP contribution is 2.40. The Balaban J connectivity index is 1.68. The monoisotopic (exact) mass is 445 g/mol. The topological polar surface area (TPSA) is 66.4 Å². The number of thioether (sulfide) groups is 1. The smallest absolute Gasteiger partial charge is 0.314 e. The van der Waals surface area contributed by atoms with E-state index >= 15 is 0 Å². The molecule has 140 valence electrons. The average molecular weight is 446 g/mol. The van der Waals surface area contributed by atoms with E-state index in [4.69, 9.17) is 0 Å². The van der Waals surface area contributed by atoms with E-state index in [1.165, 1.54) is 11.8 Å². The summed E-state index contributed by atoms with van der Waals surface area (Å²) in [5, 5.41) is 14.0. The second-order valence-electron chi connectivity index (χ2n) is 6.55. The molecule has 27 heavy (non-hydrogen) atoms. The molecule has 3 atom stereocenters. The molecular weight excluding hydrogens is 426 g/mol. The van der Waals surface area contributed by atoms with Gasteiger partial charge in [-0.1, -0.05) is 65.3 Å². The highest BCUT2D eigenvalue weighted by Gasteiger charge is 2.38. The van der Waals surface area contributed by atoms with Gasteiger partial charge < -0.3 is 10.4 Å². The Hall–Kier alpha value is -2.05. The van der Waals surface area contributed by atoms with Crippen LogP contribution >= 0.6 is 27.7 Å². The van der Waals surface area contributed by atoms with Gasteiger partial charge in [-0.25, -0.2) is 0 Å². The van der Waals surface area contributed by atoms with E-state index in [9.17, 15) is 14.7 Å². The number of rotatable bonds is 6. The maximum atomic E-state index is 12.6. The Morgan fingerprint density at radius 3 is 2.44 bits per heavy atom. The van der Waals surface area contributed by atoms with Crippen molar-refractivity contribution in [2.45, 2.75) is 18.7 Å². The molecule has 2 aromatic carbocycles. The lowest BCUT2D eigenvalue weighted by atomic mass is 9.93. The first kappa shape index (κ1) is 19.7. The molecule has 0 radical (unpaired) electrons. The number of aliphatic carboxylic acids is 1. The summed E-state index contributed by atoms with van der Waals surface area (Å²) in [7, 11) is 0. The molecule has 1 aliphatic heterocycles. The van der Waals surface area contributed by atoms with E-state index in [1.807, 2.05) is 66.9 Å². The molecule has 2 aromatic rings. The molecule has 0 saturated carbocycles. The van der Waals surface area contributed by atoms with Crippen LogP contribution in [-0.2, 0) is 16.0 Å². The molecule has 1 aliphatic rings. The molecule has 0 spiro atoms. The summed E-state index contributed by atoms with van der Waals surface area (Å²) in [6.45, 7) is 1.86. The third-order valence-corrected chi connectivity index (χ3v) is 6.14. The van der Waals surface area contributed by atoms with E-state index in [-0.39, 0.29) is 11.8 Å². The summed E-state index contributed by atoms with van der Waals surface area (Å²) < 4.78 is 0.934. The number of amides is 1. The predicted octanol–water partition coefficient (Wildman–Crippen LogP) is 4.56. The van der Waals surface area contributed by atoms with E-state index < -0.39 is 17.3 Å². The van der Waals surface area contributed by atoms with Crippen LogP contribution in [-0.4, -0.2) is 22.4 Å². The number of nitrogens with one attached hydrogen (secondary N) is 1. The molecular formula is C21H20BrNO3S. The van der Waals surface area contributed by atoms with Gasteiger partial charge in [-0.2, -0.15) is 0 Å². The number of carbonyl (C=O) groups excluding carboxylic acids is 1. The van der Waals surface area contributed by atoms with Crippen LogP contribution < -0.4 is 5.32 Å². The van der Waals surface area contributed by atoms with Gasteiger partial charge in [0.05, 0.1) is 5.37 Å². The van der Waals surface area contributed by atoms with Crippen LogP contribution in [0.5, 0.6) is 0 Å². The van der Waals surface area contributed by atoms with Crippen molar-refractivity contribution in [2.24, 2.45) is 11.8 Å². The summed E-state index contributed by atoms with van der Waals surface area (Å²) in [4.78, 5) is 24.5. The average Bonchev–Trinajstić information content (AvgIpc) is 3.07. The molecule has 1 amide bonds. The minimum Gasteiger partial charge on any atom is -0.481 e. The van der Waals surface area contributed by atoms with Gasteiger partial charge in [0, 0.05) is 10.4 Å². The van der Waals surface area contributed by atoms with E-state index in [2.05, 4.69) is 21.2 Å². The van der Waals surface area contributed by atoms with Crippen LogP contribution in [0.4, 0.5) is 0 Å². The van der Waals surface area contributed by atoms with Gasteiger partial charge in [0.1, 0.15) is 5.92 Å². The SMILES string of the molecule is CC(Cc1ccccc1)C(=O)NC1SC=C(c2ccc(Br)cc2)C1C(=O)O. The van der Waals surface area contributed by atoms with Crippen LogP contribution in [0.3, 0.4) is 0 Å². The molecule has 0 bridgehead atoms. The maximum absolute atomic E-state index is 12.6. The molecule has 0 fully saturated rings. The van der Waals surface area contributed by atoms with Crippen molar-refractivity contribution in [1.82, 2.24) is 5.32 Å². The fourth-order valence-corrected chi connectivity index (χ4v) is 4.52. The first-order chi connectivity index (χ1) is 13.0. The van der Waals surface area contributed by atoms with Crippen molar-refractivity contribution in [3.63, 3.8) is 0 Å². The molecule has 0 aromatic heterocycles. The second-order valence-corrected chi connectivity index (χ2v) is 8.48. The number of hydrogen-bond donors (Lipinski definition) is 2. The standard InChI is InChI=1S/C21H20BrNO3S/c1-13(11-14-5-3-2-4-6-14)19(24)23-20-18(21(25)26)17(12-27-20)15-7-9-16(22)10-8-15/h2-10,12-13,18,20H,11H2,1H3,(H,23,24)(H,25,26). The van der Waals surface area contributed by atoms with Crippen molar-refractivity contribution >= 4 is 45.1 Å². The van der Waals surface area contributed by atoms with Crippen molar-refractivity contribution in [3.05, 3.63) is 75.6 Å². The zero-order chi connectivity index (χ0) is 19.4. The van der Waals surface area contributed by atoms with Crippen LogP contribution in [0.15, 0.2) is 64.5 Å². The van der Waals surface area contributed by atoms with Crippen molar-refractivity contribution in [2.75, 3.05) is 0 Å². The minimum atomic E-state index is -0.935. The first-order valence-electron chi connectivity index (χ1n) is 8.64. The third-order valence-electron chi connectivity index (χ3n) is 4.54. The number of benzene rings is 2. The molecule has 0 aliphatic carbocycles. The van der Waals surface area contributed by atoms with Gasteiger partial charge in [0.25, 0.3) is 0 Å². The summed E-state index contributed by atoms with van der Waals surface area (Å²) in [6.07, 6.45) is 0.620. The second kappa shape index (κ2) is 8.76. The highest BCUT2D eigenvalue weighted by atomic mass is 79.9. The Labute approximate surface area is 171 Å². The summed E-state index contributed by atoms with van der Waals surface area (Å²) >= 11 is 4.74. The maximum Gasteiger partial charge on any atom is 0.314 e. The number of hydrogen-bond acceptors (Lipinski definition) is 3. The normalized spacial score (nSPS) is 20.0. The Kier molecular flexibility index (Phi) is 6.39. The van der Waals surface area contributed by atoms with E-state index in [1.54, 1.807) is 0 Å². The molecule has 2 N–H and O–H groups in total. The summed E-state index contributed by atoms with van der Waals surface area (Å²) in [5.74, 6) is -2.08. The zero-order valence-corrected chi connectivity index (χ0v) is 17.2. The van der Waals surface area contributed by atoms with Gasteiger partial charge in [0.2, 0.25) is 5.91 Å². The Bertz CT molecular complexity index is 851. The van der Waals surface area contributed by atoms with Gasteiger partial charge in [0.15, 0.2) is 0 Å². The molecule has 6 heteroatoms. The van der Waals surface area contributed by atoms with Crippen molar-refractivity contribution < 1.29 is 14.7 Å². The first-order valence-corrected chi connectivity index (χ1v) is 10.4. The van der Waals surface area contributed by atoms with E-state index in [0.29, 0.717) is 6.42 Å². The number of carboxylic acids is 1. The summed E-state index contributed by atoms with van der Waals surface area (Å²) in [6, 6.07) is 17.3. The number of carboxylic acid groups (broad SMARTS) is 1. The fourth-order valence-electron chi connectivity index (χ4n) is 3.07. The third kappa shape index (κ3) is 4.82. The van der Waals surface area contributed by atoms with Gasteiger partial charge in [-0.15, -0.1) is 11.8 Å². The Morgan fingerprint density at radius 2 is 1.81 bits per heavy atom. The largest absolute Gasteiger partial charge is 0.481 e. The van der Waals surface area contributed by atoms with Crippen molar-refractivity contribution in [1.29, 1.82) is 0 Å². The lowest BCUT2D eigenvalue weighted by Crippen LogP contribution is -2.42. The number of halogens is 1. The van der Waals surface area contributed by atoms with Gasteiger partial charge in [-0.05, 0) is 40.7 Å². The lowest BCUT2D eigenvalue weighted by Gasteiger charge is -2.22. The highest BCUT2D eigenvalue weighted by molar-refractivity contribution is 9.10. The van der Waals surface area contributed by atoms with Gasteiger partial charge in [-0.3, -0.25) is 9.59 Å². The minimum absolute atomic E-state index is 0.131.